The van der Waals surface area contributed by atoms with E-state index in [-0.39, 0.29) is 31.3 Å². The summed E-state index contributed by atoms with van der Waals surface area (Å²) in [6.45, 7) is -0.336. The van der Waals surface area contributed by atoms with Crippen molar-refractivity contribution in [3.05, 3.63) is 35.6 Å². The number of halogens is 1. The zero-order chi connectivity index (χ0) is 12.7. The molecule has 0 saturated heterocycles. The lowest BCUT2D eigenvalue weighted by Crippen LogP contribution is -2.33. The van der Waals surface area contributed by atoms with Crippen molar-refractivity contribution in [2.24, 2.45) is 0 Å². The highest BCUT2D eigenvalue weighted by Crippen LogP contribution is 2.05. The number of benzene rings is 1. The maximum atomic E-state index is 12.6. The summed E-state index contributed by atoms with van der Waals surface area (Å²) < 4.78 is 12.6. The quantitative estimate of drug-likeness (QED) is 0.667. The molecule has 1 rings (SSSR count). The summed E-state index contributed by atoms with van der Waals surface area (Å²) >= 11 is 0. The Morgan fingerprint density at radius 2 is 2.00 bits per heavy atom. The van der Waals surface area contributed by atoms with Crippen LogP contribution in [0.3, 0.4) is 0 Å². The zero-order valence-corrected chi connectivity index (χ0v) is 9.40. The highest BCUT2D eigenvalue weighted by Gasteiger charge is 2.05. The molecule has 17 heavy (non-hydrogen) atoms. The number of carbonyl (C=O) groups is 1. The number of hydrogen-bond donors (Lipinski definition) is 3. The van der Waals surface area contributed by atoms with Gasteiger partial charge >= 0.3 is 0 Å². The van der Waals surface area contributed by atoms with Crippen LogP contribution in [0.25, 0.3) is 0 Å². The van der Waals surface area contributed by atoms with Gasteiger partial charge in [-0.2, -0.15) is 0 Å². The molecule has 3 N–H and O–H groups in total. The summed E-state index contributed by atoms with van der Waals surface area (Å²) in [5.74, 6) is -0.508. The van der Waals surface area contributed by atoms with Gasteiger partial charge in [0.25, 0.3) is 0 Å². The van der Waals surface area contributed by atoms with Crippen molar-refractivity contribution in [2.75, 3.05) is 13.2 Å². The van der Waals surface area contributed by atoms with Gasteiger partial charge in [-0.1, -0.05) is 12.1 Å². The van der Waals surface area contributed by atoms with Gasteiger partial charge in [0, 0.05) is 13.0 Å². The van der Waals surface area contributed by atoms with Crippen LogP contribution in [0.15, 0.2) is 24.3 Å². The molecule has 0 radical (unpaired) electrons. The monoisotopic (exact) mass is 241 g/mol. The fourth-order valence-electron chi connectivity index (χ4n) is 1.29. The summed E-state index contributed by atoms with van der Waals surface area (Å²) in [6, 6.07) is 5.96. The summed E-state index contributed by atoms with van der Waals surface area (Å²) in [4.78, 5) is 11.3. The standard InChI is InChI=1S/C12H16FNO3/c13-10-4-1-9(2-5-10)3-6-12(17)14-7-11(16)8-15/h1-2,4-5,11,15-16H,3,6-8H2,(H,14,17). The van der Waals surface area contributed by atoms with Crippen LogP contribution in [0.2, 0.25) is 0 Å². The van der Waals surface area contributed by atoms with Gasteiger partial charge in [0.1, 0.15) is 5.82 Å². The fourth-order valence-corrected chi connectivity index (χ4v) is 1.29. The van der Waals surface area contributed by atoms with Crippen molar-refractivity contribution < 1.29 is 19.4 Å². The topological polar surface area (TPSA) is 69.6 Å². The Hall–Kier alpha value is -1.46. The molecule has 0 aliphatic heterocycles. The largest absolute Gasteiger partial charge is 0.394 e. The van der Waals surface area contributed by atoms with E-state index in [0.29, 0.717) is 6.42 Å². The number of hydrogen-bond acceptors (Lipinski definition) is 3. The molecule has 0 spiro atoms. The van der Waals surface area contributed by atoms with Crippen LogP contribution >= 0.6 is 0 Å². The normalized spacial score (nSPS) is 12.2. The number of carbonyl (C=O) groups excluding carboxylic acids is 1. The van der Waals surface area contributed by atoms with Gasteiger partial charge in [0.15, 0.2) is 0 Å². The Balaban J connectivity index is 2.26. The smallest absolute Gasteiger partial charge is 0.220 e. The van der Waals surface area contributed by atoms with E-state index in [1.54, 1.807) is 12.1 Å². The third-order valence-electron chi connectivity index (χ3n) is 2.30. The Kier molecular flexibility index (Phi) is 5.59. The van der Waals surface area contributed by atoms with E-state index < -0.39 is 6.10 Å². The minimum Gasteiger partial charge on any atom is -0.394 e. The van der Waals surface area contributed by atoms with E-state index in [1.165, 1.54) is 12.1 Å². The highest BCUT2D eigenvalue weighted by molar-refractivity contribution is 5.76. The number of aliphatic hydroxyl groups excluding tert-OH is 2. The Morgan fingerprint density at radius 3 is 2.59 bits per heavy atom. The fraction of sp³-hybridized carbons (Fsp3) is 0.417. The molecule has 1 amide bonds. The maximum absolute atomic E-state index is 12.6. The van der Waals surface area contributed by atoms with Crippen LogP contribution in [0.1, 0.15) is 12.0 Å². The van der Waals surface area contributed by atoms with E-state index in [1.807, 2.05) is 0 Å². The van der Waals surface area contributed by atoms with Crippen LogP contribution in [0.4, 0.5) is 4.39 Å². The summed E-state index contributed by atoms with van der Waals surface area (Å²) in [7, 11) is 0. The number of aryl methyl sites for hydroxylation is 1. The molecule has 1 aromatic carbocycles. The molecular formula is C12H16FNO3. The molecule has 1 aromatic rings. The molecular weight excluding hydrogens is 225 g/mol. The molecule has 0 aliphatic carbocycles. The molecule has 0 aromatic heterocycles. The van der Waals surface area contributed by atoms with Gasteiger partial charge in [-0.15, -0.1) is 0 Å². The van der Waals surface area contributed by atoms with Crippen molar-refractivity contribution in [3.63, 3.8) is 0 Å². The third-order valence-corrected chi connectivity index (χ3v) is 2.30. The van der Waals surface area contributed by atoms with E-state index >= 15 is 0 Å². The number of rotatable bonds is 6. The number of amides is 1. The molecule has 0 aliphatic rings. The number of nitrogens with one attached hydrogen (secondary N) is 1. The molecule has 4 nitrogen and oxygen atoms in total. The van der Waals surface area contributed by atoms with Crippen LogP contribution in [-0.2, 0) is 11.2 Å². The third kappa shape index (κ3) is 5.42. The predicted octanol–water partition coefficient (Wildman–Crippen LogP) is 0.228. The van der Waals surface area contributed by atoms with Crippen LogP contribution in [0.5, 0.6) is 0 Å². The zero-order valence-electron chi connectivity index (χ0n) is 9.40. The summed E-state index contributed by atoms with van der Waals surface area (Å²) in [6.07, 6.45) is -0.143. The predicted molar refractivity (Wildman–Crippen MR) is 60.8 cm³/mol. The molecule has 5 heteroatoms. The molecule has 0 fully saturated rings. The van der Waals surface area contributed by atoms with Crippen molar-refractivity contribution >= 4 is 5.91 Å². The minimum atomic E-state index is -0.926. The first kappa shape index (κ1) is 13.6. The van der Waals surface area contributed by atoms with E-state index in [4.69, 9.17) is 10.2 Å². The number of aliphatic hydroxyl groups is 2. The van der Waals surface area contributed by atoms with Crippen molar-refractivity contribution in [1.82, 2.24) is 5.32 Å². The summed E-state index contributed by atoms with van der Waals surface area (Å²) in [5, 5.41) is 20.1. The van der Waals surface area contributed by atoms with E-state index in [9.17, 15) is 9.18 Å². The van der Waals surface area contributed by atoms with Crippen molar-refractivity contribution in [2.45, 2.75) is 18.9 Å². The molecule has 1 atom stereocenters. The SMILES string of the molecule is O=C(CCc1ccc(F)cc1)NCC(O)CO. The molecule has 0 heterocycles. The lowest BCUT2D eigenvalue weighted by atomic mass is 10.1. The molecule has 0 saturated carbocycles. The Bertz CT molecular complexity index is 353. The van der Waals surface area contributed by atoms with E-state index in [2.05, 4.69) is 5.32 Å². The van der Waals surface area contributed by atoms with Gasteiger partial charge < -0.3 is 15.5 Å². The van der Waals surface area contributed by atoms with Crippen molar-refractivity contribution in [3.8, 4) is 0 Å². The summed E-state index contributed by atoms with van der Waals surface area (Å²) in [5.41, 5.74) is 0.879. The first-order chi connectivity index (χ1) is 8.11. The first-order valence-corrected chi connectivity index (χ1v) is 5.42. The maximum Gasteiger partial charge on any atom is 0.220 e. The minimum absolute atomic E-state index is 0.0404. The van der Waals surface area contributed by atoms with Gasteiger partial charge in [0.05, 0.1) is 12.7 Å². The van der Waals surface area contributed by atoms with E-state index in [0.717, 1.165) is 5.56 Å². The van der Waals surface area contributed by atoms with Crippen LogP contribution in [-0.4, -0.2) is 35.4 Å². The Morgan fingerprint density at radius 1 is 1.35 bits per heavy atom. The molecule has 94 valence electrons. The Labute approximate surface area is 99.1 Å². The lowest BCUT2D eigenvalue weighted by molar-refractivity contribution is -0.121. The second kappa shape index (κ2) is 6.98. The van der Waals surface area contributed by atoms with Gasteiger partial charge in [-0.3, -0.25) is 4.79 Å². The van der Waals surface area contributed by atoms with Crippen LogP contribution in [0, 0.1) is 5.82 Å². The first-order valence-electron chi connectivity index (χ1n) is 5.42. The van der Waals surface area contributed by atoms with Crippen molar-refractivity contribution in [1.29, 1.82) is 0 Å². The lowest BCUT2D eigenvalue weighted by Gasteiger charge is -2.08. The van der Waals surface area contributed by atoms with Gasteiger partial charge in [-0.25, -0.2) is 4.39 Å². The average Bonchev–Trinajstić information content (AvgIpc) is 2.35. The molecule has 1 unspecified atom stereocenters. The second-order valence-electron chi connectivity index (χ2n) is 3.77. The van der Waals surface area contributed by atoms with Gasteiger partial charge in [0.2, 0.25) is 5.91 Å². The van der Waals surface area contributed by atoms with Gasteiger partial charge in [-0.05, 0) is 24.1 Å². The highest BCUT2D eigenvalue weighted by atomic mass is 19.1. The molecule has 0 bridgehead atoms. The average molecular weight is 241 g/mol. The van der Waals surface area contributed by atoms with Crippen LogP contribution < -0.4 is 5.32 Å². The second-order valence-corrected chi connectivity index (χ2v) is 3.77.